The molecule has 5 heteroatoms. The van der Waals surface area contributed by atoms with Crippen molar-refractivity contribution in [3.8, 4) is 11.5 Å². The van der Waals surface area contributed by atoms with Crippen LogP contribution in [0.4, 0.5) is 5.82 Å². The van der Waals surface area contributed by atoms with Gasteiger partial charge < -0.3 is 15.2 Å². The molecule has 0 unspecified atom stereocenters. The molecule has 0 amide bonds. The lowest BCUT2D eigenvalue weighted by Crippen LogP contribution is -1.97. The predicted octanol–water partition coefficient (Wildman–Crippen LogP) is 2.31. The molecule has 0 aliphatic rings. The summed E-state index contributed by atoms with van der Waals surface area (Å²) in [7, 11) is 1.63. The number of rotatable bonds is 4. The van der Waals surface area contributed by atoms with Crippen LogP contribution in [0.15, 0.2) is 29.8 Å². The van der Waals surface area contributed by atoms with Crippen molar-refractivity contribution in [3.63, 3.8) is 0 Å². The second kappa shape index (κ2) is 4.85. The molecule has 0 bridgehead atoms. The third-order valence-corrected chi connectivity index (χ3v) is 2.91. The van der Waals surface area contributed by atoms with Crippen molar-refractivity contribution in [1.29, 1.82) is 0 Å². The van der Waals surface area contributed by atoms with E-state index in [0.717, 1.165) is 16.4 Å². The summed E-state index contributed by atoms with van der Waals surface area (Å²) in [6, 6.07) is 7.45. The maximum Gasteiger partial charge on any atom is 0.141 e. The number of hydrogen-bond acceptors (Lipinski definition) is 5. The minimum absolute atomic E-state index is 0.434. The van der Waals surface area contributed by atoms with Crippen molar-refractivity contribution in [2.24, 2.45) is 0 Å². The highest BCUT2D eigenvalue weighted by Gasteiger charge is 2.03. The summed E-state index contributed by atoms with van der Waals surface area (Å²) in [6.45, 7) is 0.434. The van der Waals surface area contributed by atoms with Gasteiger partial charge in [-0.3, -0.25) is 0 Å². The van der Waals surface area contributed by atoms with Gasteiger partial charge in [0.2, 0.25) is 0 Å². The summed E-state index contributed by atoms with van der Waals surface area (Å²) in [5, 5.41) is 0. The second-order valence-corrected chi connectivity index (χ2v) is 4.07. The SMILES string of the molecule is COc1cccc(OCc2scnc2N)c1. The summed E-state index contributed by atoms with van der Waals surface area (Å²) in [5.41, 5.74) is 7.36. The number of hydrogen-bond donors (Lipinski definition) is 1. The van der Waals surface area contributed by atoms with E-state index in [-0.39, 0.29) is 0 Å². The summed E-state index contributed by atoms with van der Waals surface area (Å²) >= 11 is 1.49. The molecule has 84 valence electrons. The fraction of sp³-hybridized carbons (Fsp3) is 0.182. The molecule has 2 N–H and O–H groups in total. The number of ether oxygens (including phenoxy) is 2. The van der Waals surface area contributed by atoms with Crippen LogP contribution in [0, 0.1) is 0 Å². The Bertz CT molecular complexity index is 471. The fourth-order valence-electron chi connectivity index (χ4n) is 1.23. The molecule has 1 aromatic carbocycles. The minimum Gasteiger partial charge on any atom is -0.497 e. The first kappa shape index (κ1) is 10.8. The van der Waals surface area contributed by atoms with Crippen LogP contribution in [-0.4, -0.2) is 12.1 Å². The van der Waals surface area contributed by atoms with E-state index in [2.05, 4.69) is 4.98 Å². The monoisotopic (exact) mass is 236 g/mol. The Labute approximate surface area is 97.6 Å². The van der Waals surface area contributed by atoms with Gasteiger partial charge in [-0.05, 0) is 12.1 Å². The maximum atomic E-state index is 5.66. The first-order chi connectivity index (χ1) is 7.79. The molecule has 16 heavy (non-hydrogen) atoms. The van der Waals surface area contributed by atoms with E-state index in [4.69, 9.17) is 15.2 Å². The van der Waals surface area contributed by atoms with Gasteiger partial charge in [0.25, 0.3) is 0 Å². The number of thiazole rings is 1. The van der Waals surface area contributed by atoms with Gasteiger partial charge in [-0.1, -0.05) is 6.07 Å². The smallest absolute Gasteiger partial charge is 0.141 e. The summed E-state index contributed by atoms with van der Waals surface area (Å²) < 4.78 is 10.7. The van der Waals surface area contributed by atoms with Crippen molar-refractivity contribution in [2.75, 3.05) is 12.8 Å². The van der Waals surface area contributed by atoms with E-state index in [1.54, 1.807) is 12.6 Å². The first-order valence-electron chi connectivity index (χ1n) is 4.74. The average molecular weight is 236 g/mol. The molecular weight excluding hydrogens is 224 g/mol. The number of anilines is 1. The van der Waals surface area contributed by atoms with Crippen molar-refractivity contribution >= 4 is 17.2 Å². The van der Waals surface area contributed by atoms with Crippen LogP contribution in [0.3, 0.4) is 0 Å². The molecular formula is C11H12N2O2S. The minimum atomic E-state index is 0.434. The van der Waals surface area contributed by atoms with Gasteiger partial charge in [0, 0.05) is 6.07 Å². The fourth-order valence-corrected chi connectivity index (χ4v) is 1.82. The number of nitrogens with two attached hydrogens (primary N) is 1. The summed E-state index contributed by atoms with van der Waals surface area (Å²) in [4.78, 5) is 4.89. The normalized spacial score (nSPS) is 10.1. The number of nitrogens with zero attached hydrogens (tertiary/aromatic N) is 1. The van der Waals surface area contributed by atoms with Crippen molar-refractivity contribution in [3.05, 3.63) is 34.7 Å². The lowest BCUT2D eigenvalue weighted by molar-refractivity contribution is 0.307. The standard InChI is InChI=1S/C11H12N2O2S/c1-14-8-3-2-4-9(5-8)15-6-10-11(12)13-7-16-10/h2-5,7H,6,12H2,1H3. The Morgan fingerprint density at radius 1 is 1.38 bits per heavy atom. The zero-order chi connectivity index (χ0) is 11.4. The van der Waals surface area contributed by atoms with E-state index >= 15 is 0 Å². The zero-order valence-electron chi connectivity index (χ0n) is 8.84. The van der Waals surface area contributed by atoms with Crippen molar-refractivity contribution < 1.29 is 9.47 Å². The topological polar surface area (TPSA) is 57.4 Å². The third kappa shape index (κ3) is 2.43. The van der Waals surface area contributed by atoms with Crippen LogP contribution in [0.25, 0.3) is 0 Å². The van der Waals surface area contributed by atoms with Crippen LogP contribution in [0.5, 0.6) is 11.5 Å². The molecule has 1 aromatic heterocycles. The van der Waals surface area contributed by atoms with Gasteiger partial charge in [-0.25, -0.2) is 4.98 Å². The molecule has 2 rings (SSSR count). The average Bonchev–Trinajstić information content (AvgIpc) is 2.72. The highest BCUT2D eigenvalue weighted by Crippen LogP contribution is 2.22. The first-order valence-corrected chi connectivity index (χ1v) is 5.62. The molecule has 2 aromatic rings. The lowest BCUT2D eigenvalue weighted by atomic mass is 10.3. The molecule has 0 saturated heterocycles. The quantitative estimate of drug-likeness (QED) is 0.885. The number of nitrogen functional groups attached to an aromatic ring is 1. The van der Waals surface area contributed by atoms with Crippen LogP contribution in [0.2, 0.25) is 0 Å². The summed E-state index contributed by atoms with van der Waals surface area (Å²) in [5.74, 6) is 2.06. The van der Waals surface area contributed by atoms with E-state index in [0.29, 0.717) is 12.4 Å². The number of aromatic nitrogens is 1. The maximum absolute atomic E-state index is 5.66. The van der Waals surface area contributed by atoms with Gasteiger partial charge in [0.05, 0.1) is 17.5 Å². The van der Waals surface area contributed by atoms with E-state index in [1.165, 1.54) is 11.3 Å². The largest absolute Gasteiger partial charge is 0.497 e. The van der Waals surface area contributed by atoms with Crippen molar-refractivity contribution in [1.82, 2.24) is 4.98 Å². The van der Waals surface area contributed by atoms with E-state index in [9.17, 15) is 0 Å². The molecule has 0 radical (unpaired) electrons. The molecule has 0 aliphatic carbocycles. The Kier molecular flexibility index (Phi) is 3.26. The Morgan fingerprint density at radius 2 is 2.19 bits per heavy atom. The van der Waals surface area contributed by atoms with Gasteiger partial charge in [-0.2, -0.15) is 0 Å². The predicted molar refractivity (Wildman–Crippen MR) is 63.9 cm³/mol. The van der Waals surface area contributed by atoms with Crippen LogP contribution < -0.4 is 15.2 Å². The van der Waals surface area contributed by atoms with Crippen molar-refractivity contribution in [2.45, 2.75) is 6.61 Å². The van der Waals surface area contributed by atoms with Gasteiger partial charge in [0.1, 0.15) is 23.9 Å². The van der Waals surface area contributed by atoms with Crippen LogP contribution in [-0.2, 0) is 6.61 Å². The molecule has 0 saturated carbocycles. The van der Waals surface area contributed by atoms with Gasteiger partial charge in [-0.15, -0.1) is 11.3 Å². The van der Waals surface area contributed by atoms with Gasteiger partial charge in [0.15, 0.2) is 0 Å². The number of benzene rings is 1. The van der Waals surface area contributed by atoms with E-state index in [1.807, 2.05) is 24.3 Å². The highest BCUT2D eigenvalue weighted by atomic mass is 32.1. The molecule has 0 atom stereocenters. The molecule has 1 heterocycles. The Morgan fingerprint density at radius 3 is 2.88 bits per heavy atom. The second-order valence-electron chi connectivity index (χ2n) is 3.13. The zero-order valence-corrected chi connectivity index (χ0v) is 9.66. The lowest BCUT2D eigenvalue weighted by Gasteiger charge is -2.06. The molecule has 0 aliphatic heterocycles. The molecule has 0 fully saturated rings. The Hall–Kier alpha value is -1.75. The third-order valence-electron chi connectivity index (χ3n) is 2.08. The number of methoxy groups -OCH3 is 1. The Balaban J connectivity index is 2.02. The summed E-state index contributed by atoms with van der Waals surface area (Å²) in [6.07, 6.45) is 0. The molecule has 4 nitrogen and oxygen atoms in total. The molecule has 0 spiro atoms. The van der Waals surface area contributed by atoms with Crippen LogP contribution in [0.1, 0.15) is 4.88 Å². The van der Waals surface area contributed by atoms with E-state index < -0.39 is 0 Å². The van der Waals surface area contributed by atoms with Gasteiger partial charge >= 0.3 is 0 Å². The van der Waals surface area contributed by atoms with Crippen LogP contribution >= 0.6 is 11.3 Å². The highest BCUT2D eigenvalue weighted by molar-refractivity contribution is 7.10.